The molecule has 0 radical (unpaired) electrons. The van der Waals surface area contributed by atoms with Crippen molar-refractivity contribution in [3.8, 4) is 17.0 Å². The number of anilines is 2. The predicted molar refractivity (Wildman–Crippen MR) is 171 cm³/mol. The van der Waals surface area contributed by atoms with Crippen LogP contribution in [0.25, 0.3) is 16.9 Å². The van der Waals surface area contributed by atoms with Gasteiger partial charge < -0.3 is 35.2 Å². The van der Waals surface area contributed by atoms with Crippen LogP contribution in [0.2, 0.25) is 5.02 Å². The lowest BCUT2D eigenvalue weighted by atomic mass is 10.1. The molecular formula is C31H35ClFN9O4. The Morgan fingerprint density at radius 3 is 2.61 bits per heavy atom. The summed E-state index contributed by atoms with van der Waals surface area (Å²) in [6.45, 7) is 5.36. The molecule has 15 heteroatoms. The van der Waals surface area contributed by atoms with E-state index in [9.17, 15) is 14.0 Å². The van der Waals surface area contributed by atoms with Gasteiger partial charge >= 0.3 is 6.03 Å². The number of halogens is 2. The largest absolute Gasteiger partial charge is 0.475 e. The monoisotopic (exact) mass is 651 g/mol. The van der Waals surface area contributed by atoms with Crippen LogP contribution in [0.1, 0.15) is 15.9 Å². The van der Waals surface area contributed by atoms with Gasteiger partial charge in [0.15, 0.2) is 23.0 Å². The molecule has 0 bridgehead atoms. The van der Waals surface area contributed by atoms with E-state index in [4.69, 9.17) is 32.5 Å². The number of rotatable bonds is 7. The van der Waals surface area contributed by atoms with Crippen LogP contribution in [0.4, 0.5) is 20.7 Å². The SMILES string of the molecule is Cc1cc(Nc2nccn3c(-c4ccc(OCN)c(F)c4Cl)cnc23)ccc1C(=O)N1CCN(C(=O)N2CCO[C@@H](CN)C2)CC1. The van der Waals surface area contributed by atoms with E-state index >= 15 is 0 Å². The van der Waals surface area contributed by atoms with Crippen molar-refractivity contribution in [1.82, 2.24) is 29.1 Å². The number of aromatic nitrogens is 3. The molecule has 46 heavy (non-hydrogen) atoms. The number of carbonyl (C=O) groups excluding carboxylic acids is 2. The standard InChI is InChI=1S/C31H35ClFN9O4/c1-19-14-20(2-3-22(19)30(43)39-8-10-40(11-9-39)31(44)41-12-13-45-21(15-34)17-41)38-28-29-37-16-24(42(29)7-6-36-28)23-4-5-25(46-18-35)27(33)26(23)32/h2-7,14,16,21H,8-13,15,17-18,34-35H2,1H3,(H,36,38)/t21-/m0/s1. The van der Waals surface area contributed by atoms with E-state index in [-0.39, 0.29) is 35.5 Å². The second-order valence-corrected chi connectivity index (χ2v) is 11.4. The molecule has 4 heterocycles. The average Bonchev–Trinajstić information content (AvgIpc) is 3.51. The lowest BCUT2D eigenvalue weighted by Gasteiger charge is -2.40. The summed E-state index contributed by atoms with van der Waals surface area (Å²) in [6.07, 6.45) is 4.75. The Labute approximate surface area is 269 Å². The summed E-state index contributed by atoms with van der Waals surface area (Å²) in [7, 11) is 0. The first kappa shape index (κ1) is 31.5. The highest BCUT2D eigenvalue weighted by atomic mass is 35.5. The molecule has 13 nitrogen and oxygen atoms in total. The second-order valence-electron chi connectivity index (χ2n) is 11.1. The number of piperazine rings is 1. The molecule has 2 fully saturated rings. The summed E-state index contributed by atoms with van der Waals surface area (Å²) in [4.78, 5) is 40.8. The van der Waals surface area contributed by atoms with Crippen LogP contribution < -0.4 is 21.5 Å². The van der Waals surface area contributed by atoms with Crippen molar-refractivity contribution in [2.75, 3.05) is 64.5 Å². The van der Waals surface area contributed by atoms with Crippen molar-refractivity contribution in [3.05, 3.63) is 70.9 Å². The van der Waals surface area contributed by atoms with Gasteiger partial charge in [-0.05, 0) is 42.8 Å². The van der Waals surface area contributed by atoms with Gasteiger partial charge in [0.25, 0.3) is 5.91 Å². The number of amides is 3. The molecule has 0 saturated carbocycles. The molecule has 0 spiro atoms. The maximum absolute atomic E-state index is 14.8. The Kier molecular flexibility index (Phi) is 9.22. The van der Waals surface area contributed by atoms with Gasteiger partial charge in [-0.1, -0.05) is 11.6 Å². The van der Waals surface area contributed by atoms with Gasteiger partial charge in [-0.25, -0.2) is 19.2 Å². The minimum absolute atomic E-state index is 0.0335. The Morgan fingerprint density at radius 1 is 1.09 bits per heavy atom. The molecule has 0 aliphatic carbocycles. The zero-order valence-corrected chi connectivity index (χ0v) is 26.0. The topological polar surface area (TPSA) is 157 Å². The number of nitrogens with one attached hydrogen (secondary N) is 1. The van der Waals surface area contributed by atoms with Gasteiger partial charge in [0.05, 0.1) is 29.6 Å². The normalized spacial score (nSPS) is 17.0. The molecule has 3 amide bonds. The molecule has 6 rings (SSSR count). The van der Waals surface area contributed by atoms with Crippen LogP contribution in [0.5, 0.6) is 5.75 Å². The van der Waals surface area contributed by atoms with Crippen molar-refractivity contribution in [1.29, 1.82) is 0 Å². The average molecular weight is 652 g/mol. The molecule has 242 valence electrons. The van der Waals surface area contributed by atoms with Crippen LogP contribution in [-0.4, -0.2) is 106 Å². The van der Waals surface area contributed by atoms with E-state index in [1.54, 1.807) is 49.8 Å². The molecule has 2 saturated heterocycles. The Morgan fingerprint density at radius 2 is 1.87 bits per heavy atom. The third-order valence-corrected chi connectivity index (χ3v) is 8.59. The van der Waals surface area contributed by atoms with E-state index in [0.29, 0.717) is 86.4 Å². The van der Waals surface area contributed by atoms with Crippen LogP contribution >= 0.6 is 11.6 Å². The van der Waals surface area contributed by atoms with Gasteiger partial charge in [-0.2, -0.15) is 0 Å². The fraction of sp³-hybridized carbons (Fsp3) is 0.355. The van der Waals surface area contributed by atoms with Crippen molar-refractivity contribution >= 4 is 40.7 Å². The minimum Gasteiger partial charge on any atom is -0.475 e. The first-order valence-electron chi connectivity index (χ1n) is 14.9. The first-order chi connectivity index (χ1) is 22.3. The summed E-state index contributed by atoms with van der Waals surface area (Å²) >= 11 is 6.35. The number of morpholine rings is 1. The smallest absolute Gasteiger partial charge is 0.320 e. The third-order valence-electron chi connectivity index (χ3n) is 8.22. The molecule has 5 N–H and O–H groups in total. The number of nitrogens with two attached hydrogens (primary N) is 2. The number of nitrogens with zero attached hydrogens (tertiary/aromatic N) is 6. The zero-order valence-electron chi connectivity index (χ0n) is 25.3. The molecule has 2 aliphatic heterocycles. The number of aryl methyl sites for hydroxylation is 1. The summed E-state index contributed by atoms with van der Waals surface area (Å²) in [5.74, 6) is -0.364. The predicted octanol–water partition coefficient (Wildman–Crippen LogP) is 3.07. The molecule has 1 atom stereocenters. The van der Waals surface area contributed by atoms with Gasteiger partial charge in [-0.15, -0.1) is 0 Å². The molecular weight excluding hydrogens is 617 g/mol. The van der Waals surface area contributed by atoms with Crippen molar-refractivity contribution in [2.45, 2.75) is 13.0 Å². The number of hydrogen-bond acceptors (Lipinski definition) is 9. The third kappa shape index (κ3) is 6.16. The number of ether oxygens (including phenoxy) is 2. The van der Waals surface area contributed by atoms with Crippen molar-refractivity contribution in [2.24, 2.45) is 11.5 Å². The highest BCUT2D eigenvalue weighted by Gasteiger charge is 2.31. The van der Waals surface area contributed by atoms with Gasteiger partial charge in [0.1, 0.15) is 6.73 Å². The van der Waals surface area contributed by atoms with Gasteiger partial charge in [0.2, 0.25) is 0 Å². The zero-order chi connectivity index (χ0) is 32.4. The lowest BCUT2D eigenvalue weighted by Crippen LogP contribution is -2.57. The quantitative estimate of drug-likeness (QED) is 0.256. The molecule has 4 aromatic rings. The number of imidazole rings is 1. The number of carbonyl (C=O) groups is 2. The number of hydrogen-bond donors (Lipinski definition) is 3. The fourth-order valence-corrected chi connectivity index (χ4v) is 6.02. The Bertz CT molecular complexity index is 1760. The molecule has 2 aromatic carbocycles. The number of benzene rings is 2. The van der Waals surface area contributed by atoms with Gasteiger partial charge in [0, 0.05) is 75.0 Å². The maximum Gasteiger partial charge on any atom is 0.320 e. The second kappa shape index (κ2) is 13.5. The van der Waals surface area contributed by atoms with Crippen LogP contribution in [-0.2, 0) is 4.74 Å². The Balaban J connectivity index is 1.13. The maximum atomic E-state index is 14.8. The number of urea groups is 1. The fourth-order valence-electron chi connectivity index (χ4n) is 5.76. The molecule has 2 aliphatic rings. The first-order valence-corrected chi connectivity index (χ1v) is 15.3. The lowest BCUT2D eigenvalue weighted by molar-refractivity contribution is -0.0157. The van der Waals surface area contributed by atoms with E-state index in [1.807, 2.05) is 19.1 Å². The van der Waals surface area contributed by atoms with Crippen LogP contribution in [0, 0.1) is 12.7 Å². The summed E-state index contributed by atoms with van der Waals surface area (Å²) in [5, 5.41) is 3.17. The van der Waals surface area contributed by atoms with E-state index < -0.39 is 5.82 Å². The van der Waals surface area contributed by atoms with Crippen LogP contribution in [0.15, 0.2) is 48.9 Å². The van der Waals surface area contributed by atoms with E-state index in [2.05, 4.69) is 15.3 Å². The molecule has 2 aromatic heterocycles. The van der Waals surface area contributed by atoms with E-state index in [0.717, 1.165) is 5.56 Å². The van der Waals surface area contributed by atoms with Crippen LogP contribution in [0.3, 0.4) is 0 Å². The highest BCUT2D eigenvalue weighted by molar-refractivity contribution is 6.33. The summed E-state index contributed by atoms with van der Waals surface area (Å²) in [5.41, 5.74) is 14.7. The van der Waals surface area contributed by atoms with Gasteiger partial charge in [-0.3, -0.25) is 14.9 Å². The van der Waals surface area contributed by atoms with Crippen molar-refractivity contribution < 1.29 is 23.5 Å². The van der Waals surface area contributed by atoms with E-state index in [1.165, 1.54) is 6.07 Å². The minimum atomic E-state index is -0.707. The highest BCUT2D eigenvalue weighted by Crippen LogP contribution is 2.36. The summed E-state index contributed by atoms with van der Waals surface area (Å²) in [6, 6.07) is 8.53. The van der Waals surface area contributed by atoms with Crippen molar-refractivity contribution in [3.63, 3.8) is 0 Å². The molecule has 0 unspecified atom stereocenters. The summed E-state index contributed by atoms with van der Waals surface area (Å²) < 4.78 is 27.2. The number of fused-ring (bicyclic) bond motifs is 1. The Hall–Kier alpha value is -4.50.